The number of likely N-dealkylation sites (tertiary alicyclic amines) is 1. The molecule has 0 unspecified atom stereocenters. The summed E-state index contributed by atoms with van der Waals surface area (Å²) in [7, 11) is 0. The number of nitrogens with zero attached hydrogens (tertiary/aromatic N) is 1. The van der Waals surface area contributed by atoms with Crippen molar-refractivity contribution in [1.82, 2.24) is 4.90 Å². The van der Waals surface area contributed by atoms with Crippen molar-refractivity contribution in [2.45, 2.75) is 30.6 Å². The third kappa shape index (κ3) is 3.97. The van der Waals surface area contributed by atoms with Crippen LogP contribution in [0.3, 0.4) is 0 Å². The molecule has 0 bridgehead atoms. The van der Waals surface area contributed by atoms with Crippen molar-refractivity contribution >= 4 is 29.7 Å². The number of thioether (sulfide) groups is 1. The Morgan fingerprint density at radius 2 is 2.15 bits per heavy atom. The highest BCUT2D eigenvalue weighted by Gasteiger charge is 2.20. The van der Waals surface area contributed by atoms with Crippen LogP contribution in [0.15, 0.2) is 35.2 Å². The Morgan fingerprint density at radius 1 is 1.30 bits per heavy atom. The second-order valence-corrected chi connectivity index (χ2v) is 5.68. The maximum absolute atomic E-state index is 12.1. The molecule has 0 aromatic heterocycles. The molecule has 2 rings (SSSR count). The summed E-state index contributed by atoms with van der Waals surface area (Å²) in [6.07, 6.45) is 8.61. The van der Waals surface area contributed by atoms with Crippen LogP contribution in [0.1, 0.15) is 31.2 Å². The normalized spacial score (nSPS) is 16.4. The van der Waals surface area contributed by atoms with Crippen molar-refractivity contribution in [3.8, 4) is 0 Å². The number of carbonyl (C=O) groups is 2. The number of imide groups is 1. The first-order chi connectivity index (χ1) is 9.70. The van der Waals surface area contributed by atoms with Crippen LogP contribution < -0.4 is 0 Å². The molecule has 0 atom stereocenters. The van der Waals surface area contributed by atoms with Crippen molar-refractivity contribution in [3.05, 3.63) is 35.9 Å². The van der Waals surface area contributed by atoms with Crippen LogP contribution in [-0.4, -0.2) is 29.5 Å². The van der Waals surface area contributed by atoms with Gasteiger partial charge in [-0.15, -0.1) is 11.8 Å². The van der Waals surface area contributed by atoms with E-state index in [0.717, 1.165) is 29.7 Å². The number of hydrogen-bond acceptors (Lipinski definition) is 3. The largest absolute Gasteiger partial charge is 0.279 e. The topological polar surface area (TPSA) is 37.4 Å². The standard InChI is InChI=1S/C16H19NO2S/c1-20-14-7-5-6-13(12-14)9-10-16(19)17-11-4-2-3-8-15(17)18/h5-7,9-10,12H,2-4,8,11H2,1H3/b10-9+. The molecular formula is C16H19NO2S. The van der Waals surface area contributed by atoms with Crippen molar-refractivity contribution in [2.75, 3.05) is 12.8 Å². The lowest BCUT2D eigenvalue weighted by molar-refractivity contribution is -0.141. The first kappa shape index (κ1) is 14.9. The van der Waals surface area contributed by atoms with Crippen molar-refractivity contribution in [3.63, 3.8) is 0 Å². The summed E-state index contributed by atoms with van der Waals surface area (Å²) in [4.78, 5) is 26.5. The van der Waals surface area contributed by atoms with Gasteiger partial charge < -0.3 is 0 Å². The zero-order valence-electron chi connectivity index (χ0n) is 11.7. The molecule has 0 aliphatic carbocycles. The fraction of sp³-hybridized carbons (Fsp3) is 0.375. The molecule has 1 saturated heterocycles. The first-order valence-electron chi connectivity index (χ1n) is 6.87. The van der Waals surface area contributed by atoms with E-state index in [1.807, 2.05) is 30.5 Å². The van der Waals surface area contributed by atoms with Crippen molar-refractivity contribution in [1.29, 1.82) is 0 Å². The zero-order chi connectivity index (χ0) is 14.4. The molecular weight excluding hydrogens is 270 g/mol. The van der Waals surface area contributed by atoms with Crippen LogP contribution >= 0.6 is 11.8 Å². The number of hydrogen-bond donors (Lipinski definition) is 0. The summed E-state index contributed by atoms with van der Waals surface area (Å²) in [6.45, 7) is 0.548. The van der Waals surface area contributed by atoms with E-state index in [4.69, 9.17) is 0 Å². The molecule has 0 N–H and O–H groups in total. The minimum atomic E-state index is -0.202. The molecule has 1 aliphatic heterocycles. The van der Waals surface area contributed by atoms with Crippen molar-refractivity contribution in [2.24, 2.45) is 0 Å². The first-order valence-corrected chi connectivity index (χ1v) is 8.09. The molecule has 2 amide bonds. The van der Waals surface area contributed by atoms with E-state index >= 15 is 0 Å². The highest BCUT2D eigenvalue weighted by atomic mass is 32.2. The minimum Gasteiger partial charge on any atom is -0.279 e. The van der Waals surface area contributed by atoms with E-state index in [1.165, 1.54) is 11.0 Å². The predicted octanol–water partition coefficient (Wildman–Crippen LogP) is 3.35. The van der Waals surface area contributed by atoms with Gasteiger partial charge in [-0.25, -0.2) is 0 Å². The molecule has 1 aromatic carbocycles. The zero-order valence-corrected chi connectivity index (χ0v) is 12.5. The maximum atomic E-state index is 12.1. The van der Waals surface area contributed by atoms with Crippen LogP contribution in [0, 0.1) is 0 Å². The van der Waals surface area contributed by atoms with Gasteiger partial charge in [0.1, 0.15) is 0 Å². The predicted molar refractivity (Wildman–Crippen MR) is 82.4 cm³/mol. The SMILES string of the molecule is CSc1cccc(/C=C/C(=O)N2CCCCCC2=O)c1. The van der Waals surface area contributed by atoms with Gasteiger partial charge in [0.25, 0.3) is 5.91 Å². The van der Waals surface area contributed by atoms with E-state index in [9.17, 15) is 9.59 Å². The van der Waals surface area contributed by atoms with Crippen LogP contribution in [0.2, 0.25) is 0 Å². The average Bonchev–Trinajstić information content (AvgIpc) is 2.69. The fourth-order valence-corrected chi connectivity index (χ4v) is 2.69. The van der Waals surface area contributed by atoms with Crippen LogP contribution in [0.5, 0.6) is 0 Å². The van der Waals surface area contributed by atoms with Crippen molar-refractivity contribution < 1.29 is 9.59 Å². The summed E-state index contributed by atoms with van der Waals surface area (Å²) in [5.41, 5.74) is 0.979. The smallest absolute Gasteiger partial charge is 0.253 e. The van der Waals surface area contributed by atoms with Gasteiger partial charge in [0.15, 0.2) is 0 Å². The highest BCUT2D eigenvalue weighted by Crippen LogP contribution is 2.17. The van der Waals surface area contributed by atoms with E-state index in [1.54, 1.807) is 17.8 Å². The lowest BCUT2D eigenvalue weighted by Crippen LogP contribution is -2.35. The third-order valence-electron chi connectivity index (χ3n) is 3.35. The second kappa shape index (κ2) is 7.29. The quantitative estimate of drug-likeness (QED) is 0.632. The number of carbonyl (C=O) groups excluding carboxylic acids is 2. The second-order valence-electron chi connectivity index (χ2n) is 4.80. The Balaban J connectivity index is 2.05. The Labute approximate surface area is 124 Å². The van der Waals surface area contributed by atoms with Gasteiger partial charge in [0.2, 0.25) is 5.91 Å². The summed E-state index contributed by atoms with van der Waals surface area (Å²) < 4.78 is 0. The maximum Gasteiger partial charge on any atom is 0.253 e. The van der Waals surface area contributed by atoms with Gasteiger partial charge in [-0.3, -0.25) is 14.5 Å². The summed E-state index contributed by atoms with van der Waals surface area (Å²) in [5, 5.41) is 0. The van der Waals surface area contributed by atoms with E-state index < -0.39 is 0 Å². The molecule has 1 fully saturated rings. The van der Waals surface area contributed by atoms with E-state index in [2.05, 4.69) is 0 Å². The number of amides is 2. The van der Waals surface area contributed by atoms with Gasteiger partial charge in [-0.2, -0.15) is 0 Å². The molecule has 1 aromatic rings. The molecule has 0 saturated carbocycles. The minimum absolute atomic E-state index is 0.0463. The van der Waals surface area contributed by atoms with E-state index in [-0.39, 0.29) is 11.8 Å². The Kier molecular flexibility index (Phi) is 5.41. The molecule has 3 nitrogen and oxygen atoms in total. The van der Waals surface area contributed by atoms with Gasteiger partial charge in [0, 0.05) is 23.9 Å². The van der Waals surface area contributed by atoms with Crippen LogP contribution in [0.25, 0.3) is 6.08 Å². The Hall–Kier alpha value is -1.55. The Morgan fingerprint density at radius 3 is 2.95 bits per heavy atom. The van der Waals surface area contributed by atoms with Gasteiger partial charge in [-0.05, 0) is 42.9 Å². The van der Waals surface area contributed by atoms with Crippen LogP contribution in [-0.2, 0) is 9.59 Å². The summed E-state index contributed by atoms with van der Waals surface area (Å²) in [5.74, 6) is -0.249. The molecule has 1 heterocycles. The van der Waals surface area contributed by atoms with Crippen LogP contribution in [0.4, 0.5) is 0 Å². The monoisotopic (exact) mass is 289 g/mol. The molecule has 0 spiro atoms. The fourth-order valence-electron chi connectivity index (χ4n) is 2.22. The third-order valence-corrected chi connectivity index (χ3v) is 4.08. The molecule has 1 aliphatic rings. The summed E-state index contributed by atoms with van der Waals surface area (Å²) >= 11 is 1.67. The van der Waals surface area contributed by atoms with Gasteiger partial charge >= 0.3 is 0 Å². The number of benzene rings is 1. The van der Waals surface area contributed by atoms with E-state index in [0.29, 0.717) is 13.0 Å². The molecule has 106 valence electrons. The molecule has 0 radical (unpaired) electrons. The average molecular weight is 289 g/mol. The molecule has 4 heteroatoms. The Bertz CT molecular complexity index is 525. The number of rotatable bonds is 3. The lowest BCUT2D eigenvalue weighted by Gasteiger charge is -2.16. The molecule has 20 heavy (non-hydrogen) atoms. The lowest BCUT2D eigenvalue weighted by atomic mass is 10.2. The highest BCUT2D eigenvalue weighted by molar-refractivity contribution is 7.98. The summed E-state index contributed by atoms with van der Waals surface area (Å²) in [6, 6.07) is 7.97. The van der Waals surface area contributed by atoms with Gasteiger partial charge in [0.05, 0.1) is 0 Å². The van der Waals surface area contributed by atoms with Gasteiger partial charge in [-0.1, -0.05) is 18.6 Å².